The summed E-state index contributed by atoms with van der Waals surface area (Å²) in [6.45, 7) is 4.27. The number of anilines is 1. The van der Waals surface area contributed by atoms with Crippen LogP contribution in [0.5, 0.6) is 0 Å². The number of aliphatic imine (C=N–C) groups is 1. The number of guanidine groups is 1. The van der Waals surface area contributed by atoms with Crippen molar-refractivity contribution in [1.29, 1.82) is 0 Å². The standard InChI is InChI=1S/C22H29N5O/c1-23-22(25-16-21(28)26-20-7-3-2-4-8-20)24-15-18-9-11-19(12-10-18)17-27-13-5-6-14-27/h2-4,7-12H,5-6,13-17H2,1H3,(H,26,28)(H2,23,24,25). The van der Waals surface area contributed by atoms with Crippen molar-refractivity contribution in [3.8, 4) is 0 Å². The Morgan fingerprint density at radius 3 is 2.32 bits per heavy atom. The Hall–Kier alpha value is -2.86. The summed E-state index contributed by atoms with van der Waals surface area (Å²) in [5.41, 5.74) is 3.32. The number of carbonyl (C=O) groups is 1. The molecule has 148 valence electrons. The number of nitrogens with one attached hydrogen (secondary N) is 3. The largest absolute Gasteiger partial charge is 0.352 e. The zero-order valence-electron chi connectivity index (χ0n) is 16.4. The van der Waals surface area contributed by atoms with Crippen LogP contribution in [0.1, 0.15) is 24.0 Å². The maximum Gasteiger partial charge on any atom is 0.243 e. The zero-order valence-corrected chi connectivity index (χ0v) is 16.4. The SMILES string of the molecule is CN=C(NCC(=O)Nc1ccccc1)NCc1ccc(CN2CCCC2)cc1. The van der Waals surface area contributed by atoms with Crippen LogP contribution in [0.4, 0.5) is 5.69 Å². The van der Waals surface area contributed by atoms with Crippen LogP contribution in [-0.4, -0.2) is 43.4 Å². The van der Waals surface area contributed by atoms with Crippen molar-refractivity contribution < 1.29 is 4.79 Å². The highest BCUT2D eigenvalue weighted by Crippen LogP contribution is 2.13. The maximum absolute atomic E-state index is 12.0. The molecule has 1 heterocycles. The van der Waals surface area contributed by atoms with Gasteiger partial charge in [-0.3, -0.25) is 14.7 Å². The number of amides is 1. The van der Waals surface area contributed by atoms with Gasteiger partial charge in [-0.1, -0.05) is 42.5 Å². The molecule has 3 N–H and O–H groups in total. The highest BCUT2D eigenvalue weighted by Gasteiger charge is 2.11. The lowest BCUT2D eigenvalue weighted by atomic mass is 10.1. The second-order valence-electron chi connectivity index (χ2n) is 6.99. The van der Waals surface area contributed by atoms with Gasteiger partial charge >= 0.3 is 0 Å². The van der Waals surface area contributed by atoms with E-state index in [9.17, 15) is 4.79 Å². The molecule has 28 heavy (non-hydrogen) atoms. The molecule has 1 aliphatic heterocycles. The van der Waals surface area contributed by atoms with E-state index in [-0.39, 0.29) is 12.5 Å². The van der Waals surface area contributed by atoms with Crippen LogP contribution >= 0.6 is 0 Å². The fraction of sp³-hybridized carbons (Fsp3) is 0.364. The van der Waals surface area contributed by atoms with Gasteiger partial charge in [-0.25, -0.2) is 0 Å². The van der Waals surface area contributed by atoms with E-state index in [1.54, 1.807) is 7.05 Å². The average molecular weight is 380 g/mol. The number of hydrogen-bond acceptors (Lipinski definition) is 3. The molecule has 0 saturated carbocycles. The van der Waals surface area contributed by atoms with E-state index >= 15 is 0 Å². The van der Waals surface area contributed by atoms with Crippen molar-refractivity contribution in [2.24, 2.45) is 4.99 Å². The van der Waals surface area contributed by atoms with Crippen molar-refractivity contribution in [2.75, 3.05) is 32.0 Å². The minimum Gasteiger partial charge on any atom is -0.352 e. The third-order valence-corrected chi connectivity index (χ3v) is 4.79. The topological polar surface area (TPSA) is 68.8 Å². The van der Waals surface area contributed by atoms with Gasteiger partial charge in [0.15, 0.2) is 5.96 Å². The lowest BCUT2D eigenvalue weighted by Gasteiger charge is -2.15. The highest BCUT2D eigenvalue weighted by atomic mass is 16.1. The van der Waals surface area contributed by atoms with E-state index in [0.29, 0.717) is 12.5 Å². The first-order valence-electron chi connectivity index (χ1n) is 9.82. The van der Waals surface area contributed by atoms with Gasteiger partial charge < -0.3 is 16.0 Å². The Morgan fingerprint density at radius 1 is 0.964 bits per heavy atom. The predicted molar refractivity (Wildman–Crippen MR) is 114 cm³/mol. The zero-order chi connectivity index (χ0) is 19.6. The molecule has 0 spiro atoms. The van der Waals surface area contributed by atoms with Crippen LogP contribution in [0, 0.1) is 0 Å². The number of para-hydroxylation sites is 1. The van der Waals surface area contributed by atoms with Crippen LogP contribution in [0.2, 0.25) is 0 Å². The number of rotatable bonds is 7. The van der Waals surface area contributed by atoms with Crippen molar-refractivity contribution in [1.82, 2.24) is 15.5 Å². The Labute approximate surface area is 167 Å². The van der Waals surface area contributed by atoms with Gasteiger partial charge in [0.05, 0.1) is 6.54 Å². The fourth-order valence-electron chi connectivity index (χ4n) is 3.26. The molecule has 0 unspecified atom stereocenters. The number of hydrogen-bond donors (Lipinski definition) is 3. The lowest BCUT2D eigenvalue weighted by molar-refractivity contribution is -0.115. The van der Waals surface area contributed by atoms with Gasteiger partial charge in [-0.05, 0) is 49.2 Å². The summed E-state index contributed by atoms with van der Waals surface area (Å²) in [6, 6.07) is 18.1. The summed E-state index contributed by atoms with van der Waals surface area (Å²) in [6.07, 6.45) is 2.63. The minimum absolute atomic E-state index is 0.111. The normalized spacial score (nSPS) is 14.7. The first-order chi connectivity index (χ1) is 13.7. The molecule has 1 fully saturated rings. The second kappa shape index (κ2) is 10.5. The van der Waals surface area contributed by atoms with Gasteiger partial charge in [0.25, 0.3) is 0 Å². The molecule has 3 rings (SSSR count). The Balaban J connectivity index is 1.40. The number of benzene rings is 2. The van der Waals surface area contributed by atoms with Crippen LogP contribution in [0.3, 0.4) is 0 Å². The van der Waals surface area contributed by atoms with Crippen molar-refractivity contribution >= 4 is 17.6 Å². The number of likely N-dealkylation sites (tertiary alicyclic amines) is 1. The Bertz CT molecular complexity index is 767. The third-order valence-electron chi connectivity index (χ3n) is 4.79. The van der Waals surface area contributed by atoms with Crippen molar-refractivity contribution in [2.45, 2.75) is 25.9 Å². The van der Waals surface area contributed by atoms with Crippen molar-refractivity contribution in [3.63, 3.8) is 0 Å². The predicted octanol–water partition coefficient (Wildman–Crippen LogP) is 2.59. The molecule has 0 aliphatic carbocycles. The van der Waals surface area contributed by atoms with E-state index in [1.807, 2.05) is 30.3 Å². The van der Waals surface area contributed by atoms with E-state index in [0.717, 1.165) is 12.2 Å². The maximum atomic E-state index is 12.0. The summed E-state index contributed by atoms with van der Waals surface area (Å²) in [7, 11) is 1.70. The Morgan fingerprint density at radius 2 is 1.64 bits per heavy atom. The van der Waals surface area contributed by atoms with Crippen LogP contribution < -0.4 is 16.0 Å². The smallest absolute Gasteiger partial charge is 0.243 e. The van der Waals surface area contributed by atoms with Crippen LogP contribution in [0.25, 0.3) is 0 Å². The van der Waals surface area contributed by atoms with Crippen LogP contribution in [0.15, 0.2) is 59.6 Å². The lowest BCUT2D eigenvalue weighted by Crippen LogP contribution is -2.41. The van der Waals surface area contributed by atoms with E-state index < -0.39 is 0 Å². The molecular formula is C22H29N5O. The van der Waals surface area contributed by atoms with Crippen molar-refractivity contribution in [3.05, 3.63) is 65.7 Å². The van der Waals surface area contributed by atoms with Gasteiger partial charge in [-0.15, -0.1) is 0 Å². The summed E-state index contributed by atoms with van der Waals surface area (Å²) < 4.78 is 0. The second-order valence-corrected chi connectivity index (χ2v) is 6.99. The first kappa shape index (κ1) is 19.9. The minimum atomic E-state index is -0.111. The van der Waals surface area contributed by atoms with Gasteiger partial charge in [0, 0.05) is 25.8 Å². The summed E-state index contributed by atoms with van der Waals surface area (Å²) in [5.74, 6) is 0.491. The molecule has 0 bridgehead atoms. The van der Waals surface area contributed by atoms with Gasteiger partial charge in [0.2, 0.25) is 5.91 Å². The summed E-state index contributed by atoms with van der Waals surface area (Å²) in [5, 5.41) is 9.13. The molecule has 1 aliphatic rings. The molecule has 2 aromatic rings. The molecule has 6 heteroatoms. The number of nitrogens with zero attached hydrogens (tertiary/aromatic N) is 2. The molecule has 6 nitrogen and oxygen atoms in total. The molecule has 2 aromatic carbocycles. The monoisotopic (exact) mass is 379 g/mol. The van der Waals surface area contributed by atoms with E-state index in [2.05, 4.69) is 50.1 Å². The Kier molecular flexibility index (Phi) is 7.44. The van der Waals surface area contributed by atoms with Gasteiger partial charge in [0.1, 0.15) is 0 Å². The van der Waals surface area contributed by atoms with E-state index in [1.165, 1.54) is 37.1 Å². The van der Waals surface area contributed by atoms with E-state index in [4.69, 9.17) is 0 Å². The fourth-order valence-corrected chi connectivity index (χ4v) is 3.26. The third kappa shape index (κ3) is 6.39. The molecule has 1 saturated heterocycles. The number of carbonyl (C=O) groups excluding carboxylic acids is 1. The van der Waals surface area contributed by atoms with Crippen LogP contribution in [-0.2, 0) is 17.9 Å². The average Bonchev–Trinajstić information content (AvgIpc) is 3.23. The highest BCUT2D eigenvalue weighted by molar-refractivity contribution is 5.94. The molecule has 0 radical (unpaired) electrons. The molecule has 0 atom stereocenters. The summed E-state index contributed by atoms with van der Waals surface area (Å²) in [4.78, 5) is 18.7. The van der Waals surface area contributed by atoms with Gasteiger partial charge in [-0.2, -0.15) is 0 Å². The first-order valence-corrected chi connectivity index (χ1v) is 9.82. The summed E-state index contributed by atoms with van der Waals surface area (Å²) >= 11 is 0. The molecule has 0 aromatic heterocycles. The molecule has 1 amide bonds. The quantitative estimate of drug-likeness (QED) is 0.511. The molecular weight excluding hydrogens is 350 g/mol.